The van der Waals surface area contributed by atoms with Gasteiger partial charge in [-0.3, -0.25) is 0 Å². The van der Waals surface area contributed by atoms with Crippen molar-refractivity contribution < 1.29 is 14.6 Å². The van der Waals surface area contributed by atoms with Crippen LogP contribution in [0.3, 0.4) is 0 Å². The zero-order chi connectivity index (χ0) is 19.4. The summed E-state index contributed by atoms with van der Waals surface area (Å²) in [7, 11) is 3.09. The lowest BCUT2D eigenvalue weighted by Crippen LogP contribution is -2.17. The highest BCUT2D eigenvalue weighted by molar-refractivity contribution is 5.90. The number of methoxy groups -OCH3 is 2. The first-order valence-electron chi connectivity index (χ1n) is 8.93. The third kappa shape index (κ3) is 3.85. The van der Waals surface area contributed by atoms with Crippen LogP contribution in [-0.4, -0.2) is 37.4 Å². The largest absolute Gasteiger partial charge is 0.507 e. The van der Waals surface area contributed by atoms with Gasteiger partial charge in [-0.1, -0.05) is 0 Å². The summed E-state index contributed by atoms with van der Waals surface area (Å²) in [6.45, 7) is 3.91. The Hall–Kier alpha value is -3.13. The van der Waals surface area contributed by atoms with E-state index in [2.05, 4.69) is 10.8 Å². The van der Waals surface area contributed by atoms with Gasteiger partial charge in [0.15, 0.2) is 5.76 Å². The van der Waals surface area contributed by atoms with Gasteiger partial charge in [-0.05, 0) is 43.9 Å². The molecule has 1 N–H and O–H groups in total. The zero-order valence-corrected chi connectivity index (χ0v) is 16.0. The number of rotatable bonds is 5. The van der Waals surface area contributed by atoms with Gasteiger partial charge in [-0.2, -0.15) is 0 Å². The van der Waals surface area contributed by atoms with Gasteiger partial charge in [0, 0.05) is 41.9 Å². The summed E-state index contributed by atoms with van der Waals surface area (Å²) < 4.78 is 10.6. The number of allylic oxidation sites excluding steroid dienone is 4. The van der Waals surface area contributed by atoms with E-state index in [4.69, 9.17) is 20.9 Å². The summed E-state index contributed by atoms with van der Waals surface area (Å²) in [4.78, 5) is 7.04. The Kier molecular flexibility index (Phi) is 5.56. The second-order valence-electron chi connectivity index (χ2n) is 6.45. The number of fused-ring (bicyclic) bond motifs is 1. The van der Waals surface area contributed by atoms with E-state index in [-0.39, 0.29) is 5.75 Å². The van der Waals surface area contributed by atoms with Crippen LogP contribution in [0.25, 0.3) is 16.5 Å². The molecule has 0 radical (unpaired) electrons. The molecule has 0 atom stereocenters. The van der Waals surface area contributed by atoms with Crippen LogP contribution in [0.15, 0.2) is 41.9 Å². The molecule has 0 saturated carbocycles. The van der Waals surface area contributed by atoms with Crippen molar-refractivity contribution in [2.24, 2.45) is 0 Å². The van der Waals surface area contributed by atoms with Gasteiger partial charge in [0.05, 0.1) is 25.4 Å². The topological polar surface area (TPSA) is 54.8 Å². The molecule has 140 valence electrons. The molecule has 1 fully saturated rings. The maximum absolute atomic E-state index is 10.7. The molecule has 0 amide bonds. The molecule has 1 saturated heterocycles. The minimum absolute atomic E-state index is 0.172. The average molecular weight is 364 g/mol. The Balaban J connectivity index is 2.10. The van der Waals surface area contributed by atoms with E-state index in [1.54, 1.807) is 19.3 Å². The van der Waals surface area contributed by atoms with Crippen LogP contribution in [-0.2, 0) is 9.47 Å². The van der Waals surface area contributed by atoms with Gasteiger partial charge in [0.2, 0.25) is 0 Å². The fourth-order valence-electron chi connectivity index (χ4n) is 3.26. The summed E-state index contributed by atoms with van der Waals surface area (Å²) in [6.07, 6.45) is 9.56. The van der Waals surface area contributed by atoms with E-state index in [9.17, 15) is 5.11 Å². The molecular weight excluding hydrogens is 340 g/mol. The van der Waals surface area contributed by atoms with Crippen molar-refractivity contribution in [3.8, 4) is 18.1 Å². The van der Waals surface area contributed by atoms with E-state index in [1.165, 1.54) is 20.0 Å². The minimum atomic E-state index is 0.172. The smallest absolute Gasteiger partial charge is 0.170 e. The number of anilines is 1. The summed E-state index contributed by atoms with van der Waals surface area (Å²) >= 11 is 0. The van der Waals surface area contributed by atoms with Gasteiger partial charge in [0.1, 0.15) is 11.5 Å². The maximum atomic E-state index is 10.7. The highest BCUT2D eigenvalue weighted by Gasteiger charge is 2.16. The summed E-state index contributed by atoms with van der Waals surface area (Å²) in [5.74, 6) is 3.63. The first-order chi connectivity index (χ1) is 13.1. The van der Waals surface area contributed by atoms with Crippen molar-refractivity contribution in [2.45, 2.75) is 19.8 Å². The summed E-state index contributed by atoms with van der Waals surface area (Å²) in [5.41, 5.74) is 3.05. The molecule has 0 aliphatic carbocycles. The number of aromatic hydroxyl groups is 1. The molecule has 5 heteroatoms. The molecule has 27 heavy (non-hydrogen) atoms. The molecule has 0 spiro atoms. The van der Waals surface area contributed by atoms with Gasteiger partial charge >= 0.3 is 0 Å². The van der Waals surface area contributed by atoms with Crippen LogP contribution in [0, 0.1) is 12.3 Å². The Bertz CT molecular complexity index is 948. The van der Waals surface area contributed by atoms with Crippen molar-refractivity contribution in [2.75, 3.05) is 32.2 Å². The SMILES string of the molecule is C#C/C(=C\C(=C(/C)OC)c1cc(O)c2cc(N3CCCC3)ccc2n1)OC. The molecule has 2 aromatic rings. The van der Waals surface area contributed by atoms with E-state index in [0.717, 1.165) is 24.2 Å². The second kappa shape index (κ2) is 8.05. The molecule has 1 aromatic carbocycles. The van der Waals surface area contributed by atoms with Crippen LogP contribution in [0.4, 0.5) is 5.69 Å². The number of terminal acetylenes is 1. The molecule has 1 aliphatic heterocycles. The standard InChI is InChI=1S/C22H24N2O3/c1-5-17(27-4)13-18(15(2)26-3)21-14-22(25)19-12-16(8-9-20(19)23-21)24-10-6-7-11-24/h1,8-9,12-14H,6-7,10-11H2,2-4H3,(H,23,25)/b17-13+,18-15-. The minimum Gasteiger partial charge on any atom is -0.507 e. The van der Waals surface area contributed by atoms with Crippen molar-refractivity contribution in [3.05, 3.63) is 47.6 Å². The quantitative estimate of drug-likeness (QED) is 0.492. The molecule has 5 nitrogen and oxygen atoms in total. The highest BCUT2D eigenvalue weighted by atomic mass is 16.5. The number of nitrogens with zero attached hydrogens (tertiary/aromatic N) is 2. The molecule has 3 rings (SSSR count). The fraction of sp³-hybridized carbons (Fsp3) is 0.318. The molecule has 1 aliphatic rings. The summed E-state index contributed by atoms with van der Waals surface area (Å²) in [5, 5.41) is 11.4. The number of ether oxygens (including phenoxy) is 2. The van der Waals surface area contributed by atoms with E-state index < -0.39 is 0 Å². The third-order valence-electron chi connectivity index (χ3n) is 4.84. The van der Waals surface area contributed by atoms with Gasteiger partial charge in [-0.25, -0.2) is 4.98 Å². The van der Waals surface area contributed by atoms with Gasteiger partial charge in [-0.15, -0.1) is 6.42 Å². The Morgan fingerprint density at radius 3 is 2.59 bits per heavy atom. The lowest BCUT2D eigenvalue weighted by atomic mass is 10.1. The monoisotopic (exact) mass is 364 g/mol. The third-order valence-corrected chi connectivity index (χ3v) is 4.84. The number of hydrogen-bond donors (Lipinski definition) is 1. The van der Waals surface area contributed by atoms with Gasteiger partial charge in [0.25, 0.3) is 0 Å². The van der Waals surface area contributed by atoms with Crippen LogP contribution in [0.1, 0.15) is 25.5 Å². The van der Waals surface area contributed by atoms with Crippen LogP contribution in [0.5, 0.6) is 5.75 Å². The average Bonchev–Trinajstić information content (AvgIpc) is 3.23. The van der Waals surface area contributed by atoms with Crippen molar-refractivity contribution >= 4 is 22.2 Å². The van der Waals surface area contributed by atoms with Crippen LogP contribution >= 0.6 is 0 Å². The first kappa shape index (κ1) is 18.7. The Labute approximate surface area is 159 Å². The molecule has 0 unspecified atom stereocenters. The molecular formula is C22H24N2O3. The number of pyridine rings is 1. The highest BCUT2D eigenvalue weighted by Crippen LogP contribution is 2.33. The molecule has 1 aromatic heterocycles. The van der Waals surface area contributed by atoms with Crippen LogP contribution < -0.4 is 4.90 Å². The first-order valence-corrected chi connectivity index (χ1v) is 8.93. The van der Waals surface area contributed by atoms with Crippen molar-refractivity contribution in [1.82, 2.24) is 4.98 Å². The zero-order valence-electron chi connectivity index (χ0n) is 16.0. The van der Waals surface area contributed by atoms with Crippen molar-refractivity contribution in [3.63, 3.8) is 0 Å². The number of hydrogen-bond acceptors (Lipinski definition) is 5. The van der Waals surface area contributed by atoms with Crippen molar-refractivity contribution in [1.29, 1.82) is 0 Å². The normalized spacial score (nSPS) is 15.5. The predicted molar refractivity (Wildman–Crippen MR) is 108 cm³/mol. The van der Waals surface area contributed by atoms with Crippen LogP contribution in [0.2, 0.25) is 0 Å². The number of benzene rings is 1. The fourth-order valence-corrected chi connectivity index (χ4v) is 3.26. The van der Waals surface area contributed by atoms with E-state index >= 15 is 0 Å². The maximum Gasteiger partial charge on any atom is 0.170 e. The lowest BCUT2D eigenvalue weighted by Gasteiger charge is -2.18. The van der Waals surface area contributed by atoms with Gasteiger partial charge < -0.3 is 19.5 Å². The lowest BCUT2D eigenvalue weighted by molar-refractivity contribution is 0.294. The summed E-state index contributed by atoms with van der Waals surface area (Å²) in [6, 6.07) is 7.62. The second-order valence-corrected chi connectivity index (χ2v) is 6.45. The van der Waals surface area contributed by atoms with E-state index in [1.807, 2.05) is 25.1 Å². The van der Waals surface area contributed by atoms with E-state index in [0.29, 0.717) is 28.3 Å². The Morgan fingerprint density at radius 1 is 1.22 bits per heavy atom. The predicted octanol–water partition coefficient (Wildman–Crippen LogP) is 4.08. The molecule has 2 heterocycles. The Morgan fingerprint density at radius 2 is 1.96 bits per heavy atom. The molecule has 0 bridgehead atoms. The number of aromatic nitrogens is 1.